The van der Waals surface area contributed by atoms with Crippen molar-refractivity contribution < 1.29 is 14.0 Å². The third-order valence-corrected chi connectivity index (χ3v) is 8.08. The number of methoxy groups -OCH3 is 1. The van der Waals surface area contributed by atoms with Gasteiger partial charge in [0.1, 0.15) is 6.54 Å². The van der Waals surface area contributed by atoms with Crippen LogP contribution in [-0.4, -0.2) is 40.1 Å². The normalized spacial score (nSPS) is 17.3. The first-order valence-corrected chi connectivity index (χ1v) is 9.04. The van der Waals surface area contributed by atoms with E-state index in [1.807, 2.05) is 0 Å². The molecule has 0 bridgehead atoms. The van der Waals surface area contributed by atoms with Crippen LogP contribution in [0.2, 0.25) is 18.1 Å². The summed E-state index contributed by atoms with van der Waals surface area (Å²) in [5, 5.41) is 0.172. The van der Waals surface area contributed by atoms with E-state index >= 15 is 0 Å². The quantitative estimate of drug-likeness (QED) is 0.737. The molecule has 0 fully saturated rings. The zero-order valence-electron chi connectivity index (χ0n) is 12.2. The maximum Gasteiger partial charge on any atom is 0.218 e. The SMILES string of the molecule is COC1=CC(CO[Si](C)(C)C(C)(C)C)=NCC1=O. The number of ketones is 1. The van der Waals surface area contributed by atoms with Crippen LogP contribution in [0.25, 0.3) is 0 Å². The summed E-state index contributed by atoms with van der Waals surface area (Å²) in [6, 6.07) is 0. The van der Waals surface area contributed by atoms with Crippen LogP contribution >= 0.6 is 0 Å². The Labute approximate surface area is 110 Å². The Morgan fingerprint density at radius 2 is 2.00 bits per heavy atom. The van der Waals surface area contributed by atoms with Crippen molar-refractivity contribution >= 4 is 19.8 Å². The largest absolute Gasteiger partial charge is 0.493 e. The molecule has 0 atom stereocenters. The van der Waals surface area contributed by atoms with E-state index in [0.29, 0.717) is 12.4 Å². The maximum atomic E-state index is 11.4. The Morgan fingerprint density at radius 3 is 2.50 bits per heavy atom. The number of hydrogen-bond donors (Lipinski definition) is 0. The highest BCUT2D eigenvalue weighted by molar-refractivity contribution is 6.74. The molecular weight excluding hydrogens is 246 g/mol. The lowest BCUT2D eigenvalue weighted by Gasteiger charge is -2.36. The van der Waals surface area contributed by atoms with Gasteiger partial charge < -0.3 is 9.16 Å². The summed E-state index contributed by atoms with van der Waals surface area (Å²) in [6.45, 7) is 11.6. The molecule has 0 spiro atoms. The standard InChI is InChI=1S/C13H23NO3Si/c1-13(2,3)18(5,6)17-9-10-7-12(16-4)11(15)8-14-10/h7H,8-9H2,1-6H3. The van der Waals surface area contributed by atoms with E-state index in [2.05, 4.69) is 38.9 Å². The van der Waals surface area contributed by atoms with Crippen molar-refractivity contribution in [1.29, 1.82) is 0 Å². The first-order valence-electron chi connectivity index (χ1n) is 6.13. The number of Topliss-reactive ketones (excluding diaryl/α,β-unsaturated/α-hetero) is 1. The number of hydrogen-bond acceptors (Lipinski definition) is 4. The molecule has 1 heterocycles. The predicted molar refractivity (Wildman–Crippen MR) is 75.6 cm³/mol. The summed E-state index contributed by atoms with van der Waals surface area (Å²) in [5.41, 5.74) is 0.788. The summed E-state index contributed by atoms with van der Waals surface area (Å²) in [5.74, 6) is 0.299. The molecular formula is C13H23NO3Si. The van der Waals surface area contributed by atoms with E-state index in [1.165, 1.54) is 7.11 Å². The summed E-state index contributed by atoms with van der Waals surface area (Å²) >= 11 is 0. The van der Waals surface area contributed by atoms with Gasteiger partial charge in [0.15, 0.2) is 14.1 Å². The summed E-state index contributed by atoms with van der Waals surface area (Å²) < 4.78 is 11.1. The Hall–Kier alpha value is -0.943. The molecule has 0 saturated carbocycles. The van der Waals surface area contributed by atoms with E-state index in [-0.39, 0.29) is 17.4 Å². The lowest BCUT2D eigenvalue weighted by molar-refractivity contribution is -0.117. The first-order chi connectivity index (χ1) is 8.17. The van der Waals surface area contributed by atoms with Crippen LogP contribution in [-0.2, 0) is 14.0 Å². The third-order valence-electron chi connectivity index (χ3n) is 3.61. The average molecular weight is 269 g/mol. The molecule has 4 nitrogen and oxygen atoms in total. The minimum Gasteiger partial charge on any atom is -0.493 e. The number of rotatable bonds is 4. The molecule has 5 heteroatoms. The molecule has 0 aliphatic carbocycles. The zero-order chi connectivity index (χ0) is 14.0. The molecule has 1 aliphatic rings. The average Bonchev–Trinajstić information content (AvgIpc) is 2.26. The highest BCUT2D eigenvalue weighted by Crippen LogP contribution is 2.36. The van der Waals surface area contributed by atoms with E-state index in [1.54, 1.807) is 6.08 Å². The summed E-state index contributed by atoms with van der Waals surface area (Å²) in [7, 11) is -0.273. The van der Waals surface area contributed by atoms with Crippen LogP contribution in [0.15, 0.2) is 16.8 Å². The Morgan fingerprint density at radius 1 is 1.39 bits per heavy atom. The van der Waals surface area contributed by atoms with Crippen molar-refractivity contribution in [2.75, 3.05) is 20.3 Å². The summed E-state index contributed by atoms with van der Waals surface area (Å²) in [6.07, 6.45) is 1.68. The number of dihydropyridines is 1. The highest BCUT2D eigenvalue weighted by Gasteiger charge is 2.37. The van der Waals surface area contributed by atoms with Crippen molar-refractivity contribution in [1.82, 2.24) is 0 Å². The topological polar surface area (TPSA) is 47.9 Å². The van der Waals surface area contributed by atoms with Crippen molar-refractivity contribution in [2.45, 2.75) is 38.9 Å². The van der Waals surface area contributed by atoms with Gasteiger partial charge in [-0.05, 0) is 18.1 Å². The van der Waals surface area contributed by atoms with E-state index in [4.69, 9.17) is 9.16 Å². The van der Waals surface area contributed by atoms with Crippen molar-refractivity contribution in [3.05, 3.63) is 11.8 Å². The van der Waals surface area contributed by atoms with Gasteiger partial charge in [0.05, 0.1) is 19.4 Å². The molecule has 0 aromatic heterocycles. The minimum absolute atomic E-state index is 0.0754. The Kier molecular flexibility index (Phi) is 4.50. The minimum atomic E-state index is -1.77. The fourth-order valence-electron chi connectivity index (χ4n) is 1.26. The summed E-state index contributed by atoms with van der Waals surface area (Å²) in [4.78, 5) is 15.6. The molecule has 1 rings (SSSR count). The molecule has 102 valence electrons. The van der Waals surface area contributed by atoms with E-state index < -0.39 is 8.32 Å². The van der Waals surface area contributed by atoms with Crippen LogP contribution in [0.1, 0.15) is 20.8 Å². The third kappa shape index (κ3) is 3.52. The number of carbonyl (C=O) groups excluding carboxylic acids is 1. The molecule has 0 aromatic rings. The maximum absolute atomic E-state index is 11.4. The van der Waals surface area contributed by atoms with Crippen molar-refractivity contribution in [3.63, 3.8) is 0 Å². The molecule has 0 aromatic carbocycles. The Bertz CT molecular complexity index is 392. The number of carbonyl (C=O) groups is 1. The number of ether oxygens (including phenoxy) is 1. The van der Waals surface area contributed by atoms with Gasteiger partial charge in [0.25, 0.3) is 0 Å². The molecule has 0 unspecified atom stereocenters. The first kappa shape index (κ1) is 15.1. The van der Waals surface area contributed by atoms with E-state index in [9.17, 15) is 4.79 Å². The molecule has 0 amide bonds. The van der Waals surface area contributed by atoms with Gasteiger partial charge in [0.2, 0.25) is 5.78 Å². The van der Waals surface area contributed by atoms with Crippen LogP contribution in [0, 0.1) is 0 Å². The van der Waals surface area contributed by atoms with Crippen LogP contribution < -0.4 is 0 Å². The highest BCUT2D eigenvalue weighted by atomic mass is 28.4. The number of aliphatic imine (C=N–C) groups is 1. The van der Waals surface area contributed by atoms with Gasteiger partial charge >= 0.3 is 0 Å². The van der Waals surface area contributed by atoms with Gasteiger partial charge in [-0.2, -0.15) is 0 Å². The molecule has 0 saturated heterocycles. The van der Waals surface area contributed by atoms with Gasteiger partial charge in [0, 0.05) is 6.08 Å². The van der Waals surface area contributed by atoms with Gasteiger partial charge in [-0.3, -0.25) is 9.79 Å². The second-order valence-electron chi connectivity index (χ2n) is 5.99. The van der Waals surface area contributed by atoms with Gasteiger partial charge in [-0.25, -0.2) is 0 Å². The second-order valence-corrected chi connectivity index (χ2v) is 10.8. The lowest BCUT2D eigenvalue weighted by atomic mass is 10.2. The second kappa shape index (κ2) is 5.36. The lowest BCUT2D eigenvalue weighted by Crippen LogP contribution is -2.42. The van der Waals surface area contributed by atoms with Crippen LogP contribution in [0.5, 0.6) is 0 Å². The number of nitrogens with zero attached hydrogens (tertiary/aromatic N) is 1. The molecule has 18 heavy (non-hydrogen) atoms. The smallest absolute Gasteiger partial charge is 0.218 e. The van der Waals surface area contributed by atoms with Crippen molar-refractivity contribution in [2.24, 2.45) is 4.99 Å². The molecule has 0 N–H and O–H groups in total. The van der Waals surface area contributed by atoms with Gasteiger partial charge in [-0.15, -0.1) is 0 Å². The van der Waals surface area contributed by atoms with Crippen molar-refractivity contribution in [3.8, 4) is 0 Å². The Balaban J connectivity index is 2.66. The van der Waals surface area contributed by atoms with Crippen LogP contribution in [0.4, 0.5) is 0 Å². The fourth-order valence-corrected chi connectivity index (χ4v) is 2.20. The van der Waals surface area contributed by atoms with Crippen LogP contribution in [0.3, 0.4) is 0 Å². The van der Waals surface area contributed by atoms with Gasteiger partial charge in [-0.1, -0.05) is 20.8 Å². The molecule has 1 aliphatic heterocycles. The fraction of sp³-hybridized carbons (Fsp3) is 0.692. The molecule has 0 radical (unpaired) electrons. The predicted octanol–water partition coefficient (Wildman–Crippen LogP) is 2.56. The monoisotopic (exact) mass is 269 g/mol. The van der Waals surface area contributed by atoms with E-state index in [0.717, 1.165) is 5.71 Å². The zero-order valence-corrected chi connectivity index (χ0v) is 13.2.